The van der Waals surface area contributed by atoms with Crippen LogP contribution in [0.4, 0.5) is 5.82 Å². The van der Waals surface area contributed by atoms with Crippen LogP contribution in [0, 0.1) is 5.41 Å². The van der Waals surface area contributed by atoms with Gasteiger partial charge in [-0.05, 0) is 108 Å². The highest BCUT2D eigenvalue weighted by atomic mass is 16.5. The highest BCUT2D eigenvalue weighted by Gasteiger charge is 2.42. The van der Waals surface area contributed by atoms with Crippen molar-refractivity contribution >= 4 is 18.4 Å². The topological polar surface area (TPSA) is 74.2 Å². The second kappa shape index (κ2) is 12.2. The van der Waals surface area contributed by atoms with Gasteiger partial charge in [0.1, 0.15) is 12.4 Å². The summed E-state index contributed by atoms with van der Waals surface area (Å²) in [5, 5.41) is 0. The van der Waals surface area contributed by atoms with Gasteiger partial charge in [-0.15, -0.1) is 0 Å². The van der Waals surface area contributed by atoms with Crippen LogP contribution in [0.1, 0.15) is 61.4 Å². The first-order valence-electron chi connectivity index (χ1n) is 15.8. The van der Waals surface area contributed by atoms with E-state index in [0.717, 1.165) is 63.0 Å². The molecule has 4 aliphatic rings. The van der Waals surface area contributed by atoms with Crippen LogP contribution < -0.4 is 9.64 Å². The number of hydrogen-bond acceptors (Lipinski definition) is 7. The zero-order valence-electron chi connectivity index (χ0n) is 25.4. The molecule has 0 saturated carbocycles. The van der Waals surface area contributed by atoms with Gasteiger partial charge in [0.05, 0.1) is 11.7 Å². The van der Waals surface area contributed by atoms with Crippen molar-refractivity contribution in [3.63, 3.8) is 0 Å². The predicted octanol–water partition coefficient (Wildman–Crippen LogP) is 4.30. The van der Waals surface area contributed by atoms with Gasteiger partial charge in [-0.3, -0.25) is 4.79 Å². The van der Waals surface area contributed by atoms with Gasteiger partial charge >= 0.3 is 6.01 Å². The predicted molar refractivity (Wildman–Crippen MR) is 168 cm³/mol. The normalized spacial score (nSPS) is 27.4. The van der Waals surface area contributed by atoms with Crippen molar-refractivity contribution in [2.45, 2.75) is 82.8 Å². The van der Waals surface area contributed by atoms with Gasteiger partial charge in [-0.2, -0.15) is 9.97 Å². The largest absolute Gasteiger partial charge is 0.462 e. The molecule has 4 unspecified atom stereocenters. The molecule has 2 aliphatic heterocycles. The summed E-state index contributed by atoms with van der Waals surface area (Å²) in [5.74, 6) is 0.972. The Labute approximate surface area is 250 Å². The number of carbonyl (C=O) groups is 1. The Morgan fingerprint density at radius 1 is 1.14 bits per heavy atom. The van der Waals surface area contributed by atoms with Crippen LogP contribution in [0.2, 0.25) is 0 Å². The zero-order valence-corrected chi connectivity index (χ0v) is 25.4. The Morgan fingerprint density at radius 2 is 1.95 bits per heavy atom. The number of benzene rings is 1. The minimum absolute atomic E-state index is 0.00153. The lowest BCUT2D eigenvalue weighted by Gasteiger charge is -2.48. The van der Waals surface area contributed by atoms with E-state index in [4.69, 9.17) is 14.7 Å². The number of anilines is 1. The highest BCUT2D eigenvalue weighted by Crippen LogP contribution is 2.47. The van der Waals surface area contributed by atoms with Crippen molar-refractivity contribution in [2.75, 3.05) is 44.7 Å². The number of aryl methyl sites for hydroxylation is 1. The molecule has 3 heterocycles. The molecular formula is C34H46N6O2. The van der Waals surface area contributed by atoms with Gasteiger partial charge in [0, 0.05) is 37.3 Å². The Morgan fingerprint density at radius 3 is 2.71 bits per heavy atom. The Hall–Kier alpha value is -3.26. The smallest absolute Gasteiger partial charge is 0.318 e. The lowest BCUT2D eigenvalue weighted by molar-refractivity contribution is -0.129. The zero-order chi connectivity index (χ0) is 29.3. The van der Waals surface area contributed by atoms with Crippen LogP contribution in [0.5, 0.6) is 6.01 Å². The molecule has 2 aliphatic carbocycles. The summed E-state index contributed by atoms with van der Waals surface area (Å²) in [5.41, 5.74) is 5.65. The summed E-state index contributed by atoms with van der Waals surface area (Å²) in [6.07, 6.45) is 11.0. The van der Waals surface area contributed by atoms with Crippen LogP contribution in [0.25, 0.3) is 0 Å². The van der Waals surface area contributed by atoms with Crippen LogP contribution in [-0.4, -0.2) is 90.4 Å². The fraction of sp³-hybridized carbons (Fsp3) is 0.588. The van der Waals surface area contributed by atoms with Crippen molar-refractivity contribution in [1.82, 2.24) is 19.8 Å². The van der Waals surface area contributed by atoms with Crippen LogP contribution >= 0.6 is 0 Å². The maximum atomic E-state index is 12.8. The van der Waals surface area contributed by atoms with Crippen molar-refractivity contribution < 1.29 is 9.53 Å². The van der Waals surface area contributed by atoms with E-state index in [1.54, 1.807) is 0 Å². The number of nitrogens with zero attached hydrogens (tertiary/aromatic N) is 6. The number of aromatic nitrogens is 2. The van der Waals surface area contributed by atoms with Gasteiger partial charge in [-0.1, -0.05) is 30.8 Å². The second-order valence-corrected chi connectivity index (χ2v) is 12.9. The fourth-order valence-corrected chi connectivity index (χ4v) is 7.99. The average molecular weight is 571 g/mol. The number of carbonyl (C=O) groups excluding carboxylic acids is 1. The van der Waals surface area contributed by atoms with Crippen LogP contribution in [-0.2, 0) is 30.5 Å². The van der Waals surface area contributed by atoms with E-state index in [1.165, 1.54) is 35.6 Å². The SMILES string of the molecule is C=CC(=O)N1CCN(c2nc(OCC3CCCN3C)nc3c2CCC2(CCc4ccccc4C2)C3)C(C)C1CCN=C. The summed E-state index contributed by atoms with van der Waals surface area (Å²) in [4.78, 5) is 33.9. The van der Waals surface area contributed by atoms with E-state index >= 15 is 0 Å². The van der Waals surface area contributed by atoms with Gasteiger partial charge in [0.15, 0.2) is 0 Å². The number of ether oxygens (including phenoxy) is 1. The molecule has 0 N–H and O–H groups in total. The van der Waals surface area contributed by atoms with Gasteiger partial charge in [-0.25, -0.2) is 0 Å². The first-order valence-corrected chi connectivity index (χ1v) is 15.8. The fourth-order valence-electron chi connectivity index (χ4n) is 7.99. The number of fused-ring (bicyclic) bond motifs is 2. The molecule has 1 amide bonds. The average Bonchev–Trinajstić information content (AvgIpc) is 3.42. The van der Waals surface area contributed by atoms with Crippen molar-refractivity contribution in [2.24, 2.45) is 10.4 Å². The number of likely N-dealkylation sites (N-methyl/N-ethyl adjacent to an activating group) is 1. The maximum Gasteiger partial charge on any atom is 0.318 e. The molecule has 8 heteroatoms. The summed E-state index contributed by atoms with van der Waals surface area (Å²) in [7, 11) is 2.18. The third-order valence-corrected chi connectivity index (χ3v) is 10.5. The molecule has 0 bridgehead atoms. The van der Waals surface area contributed by atoms with Crippen molar-refractivity contribution in [1.29, 1.82) is 0 Å². The third kappa shape index (κ3) is 5.58. The highest BCUT2D eigenvalue weighted by molar-refractivity contribution is 5.87. The first kappa shape index (κ1) is 28.8. The summed E-state index contributed by atoms with van der Waals surface area (Å²) in [6, 6.07) is 9.92. The van der Waals surface area contributed by atoms with E-state index in [1.807, 2.05) is 4.90 Å². The van der Waals surface area contributed by atoms with Crippen molar-refractivity contribution in [3.05, 3.63) is 59.3 Å². The van der Waals surface area contributed by atoms with E-state index in [0.29, 0.717) is 38.3 Å². The number of hydrogen-bond donors (Lipinski definition) is 0. The number of piperazine rings is 1. The molecule has 1 aromatic heterocycles. The first-order chi connectivity index (χ1) is 20.4. The van der Waals surface area contributed by atoms with E-state index in [-0.39, 0.29) is 23.4 Å². The molecule has 4 atom stereocenters. The van der Waals surface area contributed by atoms with Gasteiger partial charge in [0.2, 0.25) is 5.91 Å². The number of likely N-dealkylation sites (tertiary alicyclic amines) is 1. The lowest BCUT2D eigenvalue weighted by atomic mass is 9.63. The number of amides is 1. The second-order valence-electron chi connectivity index (χ2n) is 12.9. The van der Waals surface area contributed by atoms with Crippen LogP contribution in [0.15, 0.2) is 41.9 Å². The van der Waals surface area contributed by atoms with E-state index in [2.05, 4.69) is 66.3 Å². The molecule has 2 aromatic rings. The maximum absolute atomic E-state index is 12.8. The van der Waals surface area contributed by atoms with E-state index in [9.17, 15) is 4.79 Å². The molecule has 0 radical (unpaired) electrons. The molecule has 2 fully saturated rings. The molecule has 42 heavy (non-hydrogen) atoms. The summed E-state index contributed by atoms with van der Waals surface area (Å²) < 4.78 is 6.40. The van der Waals surface area contributed by atoms with Crippen LogP contribution in [0.3, 0.4) is 0 Å². The molecule has 2 saturated heterocycles. The van der Waals surface area contributed by atoms with Gasteiger partial charge < -0.3 is 24.4 Å². The molecular weight excluding hydrogens is 524 g/mol. The monoisotopic (exact) mass is 570 g/mol. The molecule has 8 nitrogen and oxygen atoms in total. The Balaban J connectivity index is 1.33. The van der Waals surface area contributed by atoms with Crippen molar-refractivity contribution in [3.8, 4) is 6.01 Å². The number of aliphatic imine (C=N–C) groups is 1. The minimum Gasteiger partial charge on any atom is -0.462 e. The third-order valence-electron chi connectivity index (χ3n) is 10.5. The van der Waals surface area contributed by atoms with Gasteiger partial charge in [0.25, 0.3) is 0 Å². The molecule has 224 valence electrons. The molecule has 6 rings (SSSR count). The summed E-state index contributed by atoms with van der Waals surface area (Å²) in [6.45, 7) is 13.3. The number of rotatable bonds is 8. The summed E-state index contributed by atoms with van der Waals surface area (Å²) >= 11 is 0. The standard InChI is InChI=1S/C34H46N6O2/c1-5-31(41)40-20-19-39(24(2)30(40)14-17-35-3)32-28-13-16-34(15-12-25-9-6-7-10-26(25)21-34)22-29(28)36-33(37-32)42-23-27-11-8-18-38(27)4/h5-7,9-10,24,27,30H,1,3,8,11-23H2,2,4H3. The molecule has 1 spiro atoms. The molecule has 1 aromatic carbocycles. The lowest BCUT2D eigenvalue weighted by Crippen LogP contribution is -2.60. The minimum atomic E-state index is -0.0236. The van der Waals surface area contributed by atoms with E-state index < -0.39 is 0 Å². The quantitative estimate of drug-likeness (QED) is 0.348. The Kier molecular flexibility index (Phi) is 8.35. The Bertz CT molecular complexity index is 1330.